The zero-order chi connectivity index (χ0) is 15.0. The van der Waals surface area contributed by atoms with Gasteiger partial charge in [-0.2, -0.15) is 0 Å². The molecule has 5 heteroatoms. The summed E-state index contributed by atoms with van der Waals surface area (Å²) in [7, 11) is 1.31. The lowest BCUT2D eigenvalue weighted by Crippen LogP contribution is -2.47. The molecule has 1 amide bonds. The molecule has 0 spiro atoms. The number of ether oxygens (including phenoxy) is 1. The molecule has 0 heterocycles. The van der Waals surface area contributed by atoms with Crippen LogP contribution in [0.1, 0.15) is 18.9 Å². The molecular weight excluding hydrogens is 256 g/mol. The van der Waals surface area contributed by atoms with Crippen LogP contribution < -0.4 is 5.73 Å². The van der Waals surface area contributed by atoms with Crippen molar-refractivity contribution < 1.29 is 14.3 Å². The highest BCUT2D eigenvalue weighted by Crippen LogP contribution is 2.05. The van der Waals surface area contributed by atoms with Gasteiger partial charge in [-0.05, 0) is 18.4 Å². The van der Waals surface area contributed by atoms with Crippen LogP contribution in [-0.4, -0.2) is 43.0 Å². The molecule has 0 aromatic heterocycles. The predicted octanol–water partition coefficient (Wildman–Crippen LogP) is 0.968. The third-order valence-electron chi connectivity index (χ3n) is 2.97. The van der Waals surface area contributed by atoms with Crippen LogP contribution in [0.5, 0.6) is 0 Å². The lowest BCUT2D eigenvalue weighted by Gasteiger charge is -2.24. The van der Waals surface area contributed by atoms with E-state index in [0.29, 0.717) is 13.0 Å². The average Bonchev–Trinajstić information content (AvgIpc) is 2.46. The van der Waals surface area contributed by atoms with Crippen molar-refractivity contribution in [1.29, 1.82) is 0 Å². The number of esters is 1. The fourth-order valence-corrected chi connectivity index (χ4v) is 1.95. The molecule has 0 aliphatic rings. The molecule has 0 bridgehead atoms. The molecule has 2 N–H and O–H groups in total. The Kier molecular flexibility index (Phi) is 6.73. The summed E-state index contributed by atoms with van der Waals surface area (Å²) in [4.78, 5) is 25.1. The van der Waals surface area contributed by atoms with E-state index < -0.39 is 12.0 Å². The summed E-state index contributed by atoms with van der Waals surface area (Å²) in [5, 5.41) is 0. The monoisotopic (exact) mass is 278 g/mol. The lowest BCUT2D eigenvalue weighted by atomic mass is 10.1. The number of hydrogen-bond acceptors (Lipinski definition) is 4. The first-order valence-corrected chi connectivity index (χ1v) is 6.73. The van der Waals surface area contributed by atoms with Crippen molar-refractivity contribution in [3.63, 3.8) is 0 Å². The Morgan fingerprint density at radius 3 is 2.50 bits per heavy atom. The number of benzene rings is 1. The molecule has 1 rings (SSSR count). The molecule has 0 aliphatic carbocycles. The topological polar surface area (TPSA) is 72.6 Å². The van der Waals surface area contributed by atoms with E-state index >= 15 is 0 Å². The van der Waals surface area contributed by atoms with Crippen molar-refractivity contribution in [2.75, 3.05) is 20.2 Å². The highest BCUT2D eigenvalue weighted by Gasteiger charge is 2.22. The summed E-state index contributed by atoms with van der Waals surface area (Å²) in [5.41, 5.74) is 6.96. The molecule has 1 aromatic rings. The van der Waals surface area contributed by atoms with Gasteiger partial charge in [0.05, 0.1) is 13.2 Å². The molecular formula is C15H22N2O3. The van der Waals surface area contributed by atoms with E-state index in [0.717, 1.165) is 12.0 Å². The van der Waals surface area contributed by atoms with E-state index in [1.54, 1.807) is 0 Å². The highest BCUT2D eigenvalue weighted by molar-refractivity contribution is 5.85. The second kappa shape index (κ2) is 8.32. The van der Waals surface area contributed by atoms with Gasteiger partial charge in [-0.1, -0.05) is 37.3 Å². The normalized spacial score (nSPS) is 11.8. The Morgan fingerprint density at radius 1 is 1.30 bits per heavy atom. The van der Waals surface area contributed by atoms with E-state index in [9.17, 15) is 9.59 Å². The maximum atomic E-state index is 12.3. The standard InChI is InChI=1S/C15H22N2O3/c1-3-9-17(11-14(18)20-2)15(19)13(16)10-12-7-5-4-6-8-12/h4-8,13H,3,9-11,16H2,1-2H3/t13-/m1/s1. The molecule has 0 saturated carbocycles. The number of rotatable bonds is 7. The number of nitrogens with zero attached hydrogens (tertiary/aromatic N) is 1. The SMILES string of the molecule is CCCN(CC(=O)OC)C(=O)[C@H](N)Cc1ccccc1. The Bertz CT molecular complexity index is 434. The molecule has 1 aromatic carbocycles. The second-order valence-electron chi connectivity index (χ2n) is 4.63. The molecule has 0 aliphatic heterocycles. The van der Waals surface area contributed by atoms with Gasteiger partial charge in [0, 0.05) is 6.54 Å². The maximum absolute atomic E-state index is 12.3. The van der Waals surface area contributed by atoms with Crippen molar-refractivity contribution in [3.05, 3.63) is 35.9 Å². The van der Waals surface area contributed by atoms with Crippen LogP contribution in [0.4, 0.5) is 0 Å². The summed E-state index contributed by atoms with van der Waals surface area (Å²) in [6.45, 7) is 2.39. The van der Waals surface area contributed by atoms with E-state index in [-0.39, 0.29) is 12.5 Å². The Hall–Kier alpha value is -1.88. The first-order chi connectivity index (χ1) is 9.58. The van der Waals surface area contributed by atoms with Crippen LogP contribution in [0.15, 0.2) is 30.3 Å². The fourth-order valence-electron chi connectivity index (χ4n) is 1.95. The van der Waals surface area contributed by atoms with Crippen molar-refractivity contribution in [1.82, 2.24) is 4.90 Å². The summed E-state index contributed by atoms with van der Waals surface area (Å²) >= 11 is 0. The molecule has 110 valence electrons. The summed E-state index contributed by atoms with van der Waals surface area (Å²) < 4.78 is 4.60. The fraction of sp³-hybridized carbons (Fsp3) is 0.467. The minimum atomic E-state index is -0.645. The minimum Gasteiger partial charge on any atom is -0.468 e. The second-order valence-corrected chi connectivity index (χ2v) is 4.63. The van der Waals surface area contributed by atoms with Gasteiger partial charge in [0.2, 0.25) is 5.91 Å². The molecule has 0 saturated heterocycles. The number of carbonyl (C=O) groups is 2. The van der Waals surface area contributed by atoms with Crippen LogP contribution >= 0.6 is 0 Å². The van der Waals surface area contributed by atoms with Gasteiger partial charge < -0.3 is 15.4 Å². The number of hydrogen-bond donors (Lipinski definition) is 1. The van der Waals surface area contributed by atoms with Gasteiger partial charge >= 0.3 is 5.97 Å². The first kappa shape index (κ1) is 16.2. The molecule has 0 unspecified atom stereocenters. The molecule has 5 nitrogen and oxygen atoms in total. The zero-order valence-electron chi connectivity index (χ0n) is 12.0. The number of methoxy groups -OCH3 is 1. The van der Waals surface area contributed by atoms with E-state index in [1.807, 2.05) is 37.3 Å². The van der Waals surface area contributed by atoms with Gasteiger partial charge in [-0.25, -0.2) is 0 Å². The van der Waals surface area contributed by atoms with Crippen molar-refractivity contribution >= 4 is 11.9 Å². The molecule has 0 radical (unpaired) electrons. The molecule has 0 fully saturated rings. The van der Waals surface area contributed by atoms with Gasteiger partial charge in [-0.15, -0.1) is 0 Å². The Labute approximate surface area is 119 Å². The first-order valence-electron chi connectivity index (χ1n) is 6.73. The number of amides is 1. The average molecular weight is 278 g/mol. The third-order valence-corrected chi connectivity index (χ3v) is 2.97. The summed E-state index contributed by atoms with van der Waals surface area (Å²) in [6, 6.07) is 8.94. The van der Waals surface area contributed by atoms with Crippen LogP contribution in [-0.2, 0) is 20.7 Å². The van der Waals surface area contributed by atoms with Gasteiger partial charge in [0.15, 0.2) is 0 Å². The Balaban J connectivity index is 2.65. The van der Waals surface area contributed by atoms with Crippen LogP contribution in [0.25, 0.3) is 0 Å². The van der Waals surface area contributed by atoms with Crippen molar-refractivity contribution in [2.24, 2.45) is 5.73 Å². The smallest absolute Gasteiger partial charge is 0.325 e. The van der Waals surface area contributed by atoms with Crippen LogP contribution in [0, 0.1) is 0 Å². The quantitative estimate of drug-likeness (QED) is 0.754. The number of nitrogens with two attached hydrogens (primary N) is 1. The number of carbonyl (C=O) groups excluding carboxylic acids is 2. The highest BCUT2D eigenvalue weighted by atomic mass is 16.5. The van der Waals surface area contributed by atoms with Crippen molar-refractivity contribution in [3.8, 4) is 0 Å². The van der Waals surface area contributed by atoms with Crippen LogP contribution in [0.2, 0.25) is 0 Å². The summed E-state index contributed by atoms with van der Waals surface area (Å²) in [5.74, 6) is -0.653. The lowest BCUT2D eigenvalue weighted by molar-refractivity contribution is -0.147. The Morgan fingerprint density at radius 2 is 1.95 bits per heavy atom. The van der Waals surface area contributed by atoms with E-state index in [4.69, 9.17) is 5.73 Å². The third kappa shape index (κ3) is 5.01. The minimum absolute atomic E-state index is 0.0499. The largest absolute Gasteiger partial charge is 0.468 e. The summed E-state index contributed by atoms with van der Waals surface area (Å²) in [6.07, 6.45) is 1.22. The zero-order valence-corrected chi connectivity index (χ0v) is 12.0. The molecule has 1 atom stereocenters. The molecule has 20 heavy (non-hydrogen) atoms. The van der Waals surface area contributed by atoms with E-state index in [1.165, 1.54) is 12.0 Å². The van der Waals surface area contributed by atoms with Gasteiger partial charge in [0.25, 0.3) is 0 Å². The van der Waals surface area contributed by atoms with Crippen molar-refractivity contribution in [2.45, 2.75) is 25.8 Å². The van der Waals surface area contributed by atoms with Gasteiger partial charge in [0.1, 0.15) is 6.54 Å². The van der Waals surface area contributed by atoms with Crippen LogP contribution in [0.3, 0.4) is 0 Å². The van der Waals surface area contributed by atoms with Gasteiger partial charge in [-0.3, -0.25) is 9.59 Å². The maximum Gasteiger partial charge on any atom is 0.325 e. The predicted molar refractivity (Wildman–Crippen MR) is 77.0 cm³/mol. The van der Waals surface area contributed by atoms with E-state index in [2.05, 4.69) is 4.74 Å².